The fraction of sp³-hybridized carbons (Fsp3) is 0.393. The molecule has 3 aromatic carbocycles. The quantitative estimate of drug-likeness (QED) is 0.570. The molecule has 3 saturated heterocycles. The van der Waals surface area contributed by atoms with Gasteiger partial charge in [0.1, 0.15) is 17.0 Å². The predicted octanol–water partition coefficient (Wildman–Crippen LogP) is 4.80. The highest BCUT2D eigenvalue weighted by Gasteiger charge is 2.65. The van der Waals surface area contributed by atoms with E-state index >= 15 is 0 Å². The molecule has 3 aliphatic heterocycles. The topological polar surface area (TPSA) is 42.0 Å². The number of hydrogen-bond acceptors (Lipinski definition) is 4. The van der Waals surface area contributed by atoms with E-state index in [-0.39, 0.29) is 11.6 Å². The van der Waals surface area contributed by atoms with Crippen LogP contribution in [0.15, 0.2) is 60.7 Å². The maximum absolute atomic E-state index is 13.9. The van der Waals surface area contributed by atoms with Crippen molar-refractivity contribution in [1.82, 2.24) is 9.80 Å². The molecule has 0 radical (unpaired) electrons. The highest BCUT2D eigenvalue weighted by Crippen LogP contribution is 2.57. The van der Waals surface area contributed by atoms with Gasteiger partial charge < -0.3 is 14.4 Å². The van der Waals surface area contributed by atoms with Gasteiger partial charge in [0.2, 0.25) is 5.91 Å². The fourth-order valence-electron chi connectivity index (χ4n) is 6.72. The number of hydrogen-bond donors (Lipinski definition) is 0. The van der Waals surface area contributed by atoms with Gasteiger partial charge >= 0.3 is 0 Å². The zero-order valence-corrected chi connectivity index (χ0v) is 19.3. The number of likely N-dealkylation sites (tertiary alicyclic amines) is 1. The zero-order valence-electron chi connectivity index (χ0n) is 19.3. The molecule has 170 valence electrons. The lowest BCUT2D eigenvalue weighted by atomic mass is 9.85. The highest BCUT2D eigenvalue weighted by molar-refractivity contribution is 5.93. The molecule has 1 amide bonds. The number of carbonyl (C=O) groups is 1. The van der Waals surface area contributed by atoms with Crippen molar-refractivity contribution in [3.05, 3.63) is 71.8 Å². The van der Waals surface area contributed by atoms with Gasteiger partial charge in [-0.25, -0.2) is 0 Å². The summed E-state index contributed by atoms with van der Waals surface area (Å²) in [5, 5.41) is 2.39. The second-order valence-corrected chi connectivity index (χ2v) is 9.61. The molecule has 3 atom stereocenters. The molecule has 0 saturated carbocycles. The summed E-state index contributed by atoms with van der Waals surface area (Å²) in [7, 11) is 3.41. The van der Waals surface area contributed by atoms with Gasteiger partial charge in [0.25, 0.3) is 0 Å². The van der Waals surface area contributed by atoms with Crippen LogP contribution < -0.4 is 9.47 Å². The molecular weight excluding hydrogens is 412 g/mol. The van der Waals surface area contributed by atoms with Gasteiger partial charge in [0.15, 0.2) is 0 Å². The van der Waals surface area contributed by atoms with Gasteiger partial charge in [-0.15, -0.1) is 0 Å². The number of benzene rings is 3. The molecule has 3 heterocycles. The molecule has 0 bridgehead atoms. The first-order chi connectivity index (χ1) is 16.2. The van der Waals surface area contributed by atoms with Gasteiger partial charge in [-0.3, -0.25) is 9.69 Å². The van der Waals surface area contributed by atoms with Crippen molar-refractivity contribution >= 4 is 16.7 Å². The molecule has 0 aromatic heterocycles. The van der Waals surface area contributed by atoms with E-state index in [1.165, 1.54) is 10.9 Å². The Bertz CT molecular complexity index is 1210. The van der Waals surface area contributed by atoms with Crippen molar-refractivity contribution in [3.8, 4) is 11.5 Å². The Morgan fingerprint density at radius 1 is 0.970 bits per heavy atom. The molecule has 5 nitrogen and oxygen atoms in total. The van der Waals surface area contributed by atoms with Crippen LogP contribution in [-0.4, -0.2) is 48.6 Å². The van der Waals surface area contributed by atoms with E-state index < -0.39 is 0 Å². The van der Waals surface area contributed by atoms with Crippen LogP contribution in [0.2, 0.25) is 0 Å². The van der Waals surface area contributed by atoms with E-state index in [9.17, 15) is 4.79 Å². The summed E-state index contributed by atoms with van der Waals surface area (Å²) in [5.41, 5.74) is 2.15. The standard InChI is InChI=1S/C28H30N2O3/c1-32-21-10-8-19(9-11-21)17-29-18-20-16-25(30-15-5-14-28(20,30)27(29)31)23-12-13-26(33-2)24-7-4-3-6-22(23)24/h3-4,6-13,20,25H,5,14-18H2,1-2H3/t20-,25-,28-/m0/s1. The Labute approximate surface area is 194 Å². The summed E-state index contributed by atoms with van der Waals surface area (Å²) >= 11 is 0. The van der Waals surface area contributed by atoms with Crippen molar-refractivity contribution in [2.24, 2.45) is 5.92 Å². The molecule has 0 unspecified atom stereocenters. The van der Waals surface area contributed by atoms with Crippen LogP contribution in [0.4, 0.5) is 0 Å². The first-order valence-corrected chi connectivity index (χ1v) is 11.9. The first kappa shape index (κ1) is 20.5. The summed E-state index contributed by atoms with van der Waals surface area (Å²) in [4.78, 5) is 18.5. The van der Waals surface area contributed by atoms with Crippen LogP contribution >= 0.6 is 0 Å². The van der Waals surface area contributed by atoms with Crippen molar-refractivity contribution in [2.45, 2.75) is 37.4 Å². The maximum Gasteiger partial charge on any atom is 0.243 e. The summed E-state index contributed by atoms with van der Waals surface area (Å²) in [5.74, 6) is 2.45. The Morgan fingerprint density at radius 3 is 2.52 bits per heavy atom. The lowest BCUT2D eigenvalue weighted by Crippen LogP contribution is -2.49. The van der Waals surface area contributed by atoms with Gasteiger partial charge in [-0.1, -0.05) is 42.5 Å². The smallest absolute Gasteiger partial charge is 0.243 e. The van der Waals surface area contributed by atoms with Crippen LogP contribution in [0, 0.1) is 5.92 Å². The second kappa shape index (κ2) is 7.77. The van der Waals surface area contributed by atoms with Crippen LogP contribution in [0.1, 0.15) is 36.4 Å². The maximum atomic E-state index is 13.9. The van der Waals surface area contributed by atoms with Gasteiger partial charge in [0, 0.05) is 30.4 Å². The Hall–Kier alpha value is -3.05. The zero-order chi connectivity index (χ0) is 22.6. The third kappa shape index (κ3) is 2.98. The SMILES string of the molecule is COc1ccc(CN2C[C@@H]3C[C@@H](c4ccc(OC)c5ccccc45)N4CCC[C@@]34C2=O)cc1. The number of ether oxygens (including phenoxy) is 2. The minimum absolute atomic E-state index is 0.278. The highest BCUT2D eigenvalue weighted by atomic mass is 16.5. The normalized spacial score (nSPS) is 26.6. The number of fused-ring (bicyclic) bond motifs is 1. The van der Waals surface area contributed by atoms with E-state index in [0.717, 1.165) is 54.8 Å². The molecule has 3 fully saturated rings. The molecule has 0 N–H and O–H groups in total. The lowest BCUT2D eigenvalue weighted by molar-refractivity contribution is -0.137. The van der Waals surface area contributed by atoms with Crippen molar-refractivity contribution in [3.63, 3.8) is 0 Å². The summed E-state index contributed by atoms with van der Waals surface area (Å²) in [6.45, 7) is 2.50. The first-order valence-electron chi connectivity index (χ1n) is 11.9. The van der Waals surface area contributed by atoms with Gasteiger partial charge in [-0.2, -0.15) is 0 Å². The van der Waals surface area contributed by atoms with Crippen molar-refractivity contribution in [2.75, 3.05) is 27.3 Å². The summed E-state index contributed by atoms with van der Waals surface area (Å²) in [6.07, 6.45) is 3.09. The van der Waals surface area contributed by atoms with Crippen LogP contribution in [0.3, 0.4) is 0 Å². The predicted molar refractivity (Wildman–Crippen MR) is 128 cm³/mol. The number of carbonyl (C=O) groups excluding carboxylic acids is 1. The summed E-state index contributed by atoms with van der Waals surface area (Å²) in [6, 6.07) is 21.2. The van der Waals surface area contributed by atoms with E-state index in [4.69, 9.17) is 9.47 Å². The number of methoxy groups -OCH3 is 2. The van der Waals surface area contributed by atoms with Crippen LogP contribution in [0.25, 0.3) is 10.8 Å². The number of amides is 1. The van der Waals surface area contributed by atoms with E-state index in [2.05, 4.69) is 58.3 Å². The van der Waals surface area contributed by atoms with Gasteiger partial charge in [0.05, 0.1) is 14.2 Å². The molecule has 3 aliphatic rings. The minimum Gasteiger partial charge on any atom is -0.497 e. The molecule has 0 aliphatic carbocycles. The Balaban J connectivity index is 1.32. The van der Waals surface area contributed by atoms with Gasteiger partial charge in [-0.05, 0) is 60.5 Å². The molecule has 5 heteroatoms. The summed E-state index contributed by atoms with van der Waals surface area (Å²) < 4.78 is 10.9. The Morgan fingerprint density at radius 2 is 1.76 bits per heavy atom. The third-order valence-corrected chi connectivity index (χ3v) is 8.16. The molecule has 1 spiro atoms. The van der Waals surface area contributed by atoms with Crippen molar-refractivity contribution < 1.29 is 14.3 Å². The fourth-order valence-corrected chi connectivity index (χ4v) is 6.72. The lowest BCUT2D eigenvalue weighted by Gasteiger charge is -2.34. The third-order valence-electron chi connectivity index (χ3n) is 8.16. The van der Waals surface area contributed by atoms with Crippen LogP contribution in [0.5, 0.6) is 11.5 Å². The molecule has 33 heavy (non-hydrogen) atoms. The molecular formula is C28H30N2O3. The van der Waals surface area contributed by atoms with Crippen molar-refractivity contribution in [1.29, 1.82) is 0 Å². The van der Waals surface area contributed by atoms with E-state index in [1.54, 1.807) is 14.2 Å². The largest absolute Gasteiger partial charge is 0.497 e. The number of rotatable bonds is 5. The van der Waals surface area contributed by atoms with Crippen LogP contribution in [-0.2, 0) is 11.3 Å². The van der Waals surface area contributed by atoms with E-state index in [1.807, 2.05) is 12.1 Å². The molecule has 6 rings (SSSR count). The average Bonchev–Trinajstić information content (AvgIpc) is 3.49. The molecule has 3 aromatic rings. The second-order valence-electron chi connectivity index (χ2n) is 9.61. The number of nitrogens with zero attached hydrogens (tertiary/aromatic N) is 2. The monoisotopic (exact) mass is 442 g/mol. The average molecular weight is 443 g/mol. The van der Waals surface area contributed by atoms with E-state index in [0.29, 0.717) is 18.4 Å². The minimum atomic E-state index is -0.335. The Kier molecular flexibility index (Phi) is 4.84.